The summed E-state index contributed by atoms with van der Waals surface area (Å²) in [7, 11) is 1.67. The number of anilines is 1. The Balaban J connectivity index is 2.56. The lowest BCUT2D eigenvalue weighted by Gasteiger charge is -2.23. The highest BCUT2D eigenvalue weighted by atomic mass is 16.5. The molecule has 1 N–H and O–H groups in total. The molecule has 0 amide bonds. The van der Waals surface area contributed by atoms with Crippen molar-refractivity contribution in [3.8, 4) is 6.07 Å². The molecule has 1 aromatic heterocycles. The number of aromatic nitrogens is 1. The van der Waals surface area contributed by atoms with Crippen molar-refractivity contribution in [3.05, 3.63) is 23.9 Å². The van der Waals surface area contributed by atoms with Crippen LogP contribution in [-0.2, 0) is 4.74 Å². The zero-order valence-electron chi connectivity index (χ0n) is 9.24. The molecule has 0 aliphatic carbocycles. The van der Waals surface area contributed by atoms with E-state index in [2.05, 4.69) is 10.3 Å². The highest BCUT2D eigenvalue weighted by molar-refractivity contribution is 5.39. The normalized spacial score (nSPS) is 10.8. The fourth-order valence-electron chi connectivity index (χ4n) is 0.940. The second-order valence-corrected chi connectivity index (χ2v) is 3.86. The molecule has 0 atom stereocenters. The van der Waals surface area contributed by atoms with Crippen LogP contribution in [0, 0.1) is 11.3 Å². The molecule has 80 valence electrons. The summed E-state index contributed by atoms with van der Waals surface area (Å²) < 4.78 is 5.26. The summed E-state index contributed by atoms with van der Waals surface area (Å²) >= 11 is 0. The molecule has 0 radical (unpaired) electrons. The Kier molecular flexibility index (Phi) is 3.64. The summed E-state index contributed by atoms with van der Waals surface area (Å²) in [5.74, 6) is 0.749. The molecule has 0 aliphatic rings. The van der Waals surface area contributed by atoms with Crippen LogP contribution in [0.25, 0.3) is 0 Å². The number of methoxy groups -OCH3 is 1. The first-order valence-electron chi connectivity index (χ1n) is 4.72. The van der Waals surface area contributed by atoms with Crippen molar-refractivity contribution in [2.24, 2.45) is 0 Å². The zero-order chi connectivity index (χ0) is 11.3. The average molecular weight is 205 g/mol. The van der Waals surface area contributed by atoms with Gasteiger partial charge in [-0.3, -0.25) is 0 Å². The van der Waals surface area contributed by atoms with Crippen molar-refractivity contribution >= 4 is 5.82 Å². The molecule has 1 rings (SSSR count). The Bertz CT molecular complexity index is 351. The molecule has 0 saturated heterocycles. The molecule has 1 heterocycles. The minimum Gasteiger partial charge on any atom is -0.377 e. The SMILES string of the molecule is COC(C)(C)CNc1ccc(C#N)cn1. The zero-order valence-corrected chi connectivity index (χ0v) is 9.24. The van der Waals surface area contributed by atoms with Crippen molar-refractivity contribution in [3.63, 3.8) is 0 Å². The standard InChI is InChI=1S/C11H15N3O/c1-11(2,15-3)8-14-10-5-4-9(6-12)7-13-10/h4-5,7H,8H2,1-3H3,(H,13,14). The van der Waals surface area contributed by atoms with Crippen molar-refractivity contribution in [1.82, 2.24) is 4.98 Å². The van der Waals surface area contributed by atoms with E-state index in [1.165, 1.54) is 0 Å². The Morgan fingerprint density at radius 3 is 2.73 bits per heavy atom. The molecule has 0 aliphatic heterocycles. The van der Waals surface area contributed by atoms with Gasteiger partial charge in [0, 0.05) is 19.9 Å². The summed E-state index contributed by atoms with van der Waals surface area (Å²) in [6.07, 6.45) is 1.54. The first kappa shape index (κ1) is 11.5. The smallest absolute Gasteiger partial charge is 0.126 e. The number of pyridine rings is 1. The van der Waals surface area contributed by atoms with Crippen molar-refractivity contribution in [1.29, 1.82) is 5.26 Å². The van der Waals surface area contributed by atoms with E-state index in [4.69, 9.17) is 10.00 Å². The van der Waals surface area contributed by atoms with Gasteiger partial charge in [0.1, 0.15) is 11.9 Å². The number of rotatable bonds is 4. The van der Waals surface area contributed by atoms with Crippen LogP contribution < -0.4 is 5.32 Å². The molecule has 0 spiro atoms. The van der Waals surface area contributed by atoms with Crippen LogP contribution in [0.5, 0.6) is 0 Å². The van der Waals surface area contributed by atoms with E-state index in [0.717, 1.165) is 5.82 Å². The van der Waals surface area contributed by atoms with Crippen LogP contribution >= 0.6 is 0 Å². The predicted octanol–water partition coefficient (Wildman–Crippen LogP) is 1.79. The fraction of sp³-hybridized carbons (Fsp3) is 0.455. The fourth-order valence-corrected chi connectivity index (χ4v) is 0.940. The summed E-state index contributed by atoms with van der Waals surface area (Å²) in [6.45, 7) is 4.65. The van der Waals surface area contributed by atoms with Gasteiger partial charge in [0.05, 0.1) is 11.2 Å². The lowest BCUT2D eigenvalue weighted by Crippen LogP contribution is -2.32. The van der Waals surface area contributed by atoms with E-state index in [9.17, 15) is 0 Å². The van der Waals surface area contributed by atoms with Crippen LogP contribution in [0.3, 0.4) is 0 Å². The van der Waals surface area contributed by atoms with Crippen LogP contribution in [0.15, 0.2) is 18.3 Å². The number of ether oxygens (including phenoxy) is 1. The van der Waals surface area contributed by atoms with Crippen molar-refractivity contribution in [2.45, 2.75) is 19.4 Å². The highest BCUT2D eigenvalue weighted by Gasteiger charge is 2.15. The maximum absolute atomic E-state index is 8.60. The topological polar surface area (TPSA) is 57.9 Å². The molecule has 4 heteroatoms. The monoisotopic (exact) mass is 205 g/mol. The van der Waals surface area contributed by atoms with Gasteiger partial charge in [0.2, 0.25) is 0 Å². The molecule has 0 fully saturated rings. The Morgan fingerprint density at radius 2 is 2.27 bits per heavy atom. The number of hydrogen-bond donors (Lipinski definition) is 1. The first-order valence-corrected chi connectivity index (χ1v) is 4.72. The van der Waals surface area contributed by atoms with Gasteiger partial charge in [-0.05, 0) is 26.0 Å². The van der Waals surface area contributed by atoms with Gasteiger partial charge in [-0.2, -0.15) is 5.26 Å². The highest BCUT2D eigenvalue weighted by Crippen LogP contribution is 2.10. The Hall–Kier alpha value is -1.60. The van der Waals surface area contributed by atoms with Gasteiger partial charge >= 0.3 is 0 Å². The molecule has 0 aromatic carbocycles. The minimum absolute atomic E-state index is 0.227. The summed E-state index contributed by atoms with van der Waals surface area (Å²) in [4.78, 5) is 4.10. The molecule has 4 nitrogen and oxygen atoms in total. The first-order chi connectivity index (χ1) is 7.07. The van der Waals surface area contributed by atoms with E-state index >= 15 is 0 Å². The van der Waals surface area contributed by atoms with Gasteiger partial charge in [-0.1, -0.05) is 0 Å². The minimum atomic E-state index is -0.227. The molecule has 1 aromatic rings. The summed E-state index contributed by atoms with van der Waals surface area (Å²) in [5.41, 5.74) is 0.335. The predicted molar refractivity (Wildman–Crippen MR) is 58.5 cm³/mol. The third kappa shape index (κ3) is 3.56. The van der Waals surface area contributed by atoms with Gasteiger partial charge in [-0.25, -0.2) is 4.98 Å². The van der Waals surface area contributed by atoms with E-state index in [-0.39, 0.29) is 5.60 Å². The molecule has 0 unspecified atom stereocenters. The van der Waals surface area contributed by atoms with E-state index in [0.29, 0.717) is 12.1 Å². The van der Waals surface area contributed by atoms with Crippen LogP contribution in [0.1, 0.15) is 19.4 Å². The van der Waals surface area contributed by atoms with Gasteiger partial charge in [0.15, 0.2) is 0 Å². The molecule has 0 saturated carbocycles. The van der Waals surface area contributed by atoms with E-state index < -0.39 is 0 Å². The molecule has 15 heavy (non-hydrogen) atoms. The summed E-state index contributed by atoms with van der Waals surface area (Å²) in [5, 5.41) is 11.7. The number of nitrogens with zero attached hydrogens (tertiary/aromatic N) is 2. The maximum atomic E-state index is 8.60. The van der Waals surface area contributed by atoms with Gasteiger partial charge in [-0.15, -0.1) is 0 Å². The average Bonchev–Trinajstić information content (AvgIpc) is 2.27. The van der Waals surface area contributed by atoms with Crippen molar-refractivity contribution in [2.75, 3.05) is 19.0 Å². The van der Waals surface area contributed by atoms with E-state index in [1.54, 1.807) is 25.4 Å². The van der Waals surface area contributed by atoms with Crippen LogP contribution in [0.4, 0.5) is 5.82 Å². The van der Waals surface area contributed by atoms with E-state index in [1.807, 2.05) is 19.9 Å². The van der Waals surface area contributed by atoms with Gasteiger partial charge < -0.3 is 10.1 Å². The van der Waals surface area contributed by atoms with Crippen molar-refractivity contribution < 1.29 is 4.74 Å². The largest absolute Gasteiger partial charge is 0.377 e. The molecular formula is C11H15N3O. The second-order valence-electron chi connectivity index (χ2n) is 3.86. The van der Waals surface area contributed by atoms with Gasteiger partial charge in [0.25, 0.3) is 0 Å². The maximum Gasteiger partial charge on any atom is 0.126 e. The number of hydrogen-bond acceptors (Lipinski definition) is 4. The quantitative estimate of drug-likeness (QED) is 0.814. The number of nitriles is 1. The summed E-state index contributed by atoms with van der Waals surface area (Å²) in [6, 6.07) is 5.54. The lowest BCUT2D eigenvalue weighted by molar-refractivity contribution is 0.0343. The Morgan fingerprint density at radius 1 is 1.53 bits per heavy atom. The lowest BCUT2D eigenvalue weighted by atomic mass is 10.1. The number of nitrogens with one attached hydrogen (secondary N) is 1. The second kappa shape index (κ2) is 4.76. The third-order valence-electron chi connectivity index (χ3n) is 2.14. The Labute approximate surface area is 89.9 Å². The molecule has 0 bridgehead atoms. The van der Waals surface area contributed by atoms with Crippen LogP contribution in [-0.4, -0.2) is 24.2 Å². The van der Waals surface area contributed by atoms with Crippen LogP contribution in [0.2, 0.25) is 0 Å². The molecular weight excluding hydrogens is 190 g/mol. The third-order valence-corrected chi connectivity index (χ3v) is 2.14.